The smallest absolute Gasteiger partial charge is 0.271 e. The van der Waals surface area contributed by atoms with E-state index < -0.39 is 15.9 Å². The number of carbonyl (C=O) groups is 1. The molecule has 2 aromatic rings. The van der Waals surface area contributed by atoms with E-state index >= 15 is 0 Å². The van der Waals surface area contributed by atoms with Crippen LogP contribution in [0, 0.1) is 0 Å². The first-order chi connectivity index (χ1) is 12.4. The molecular weight excluding hydrogens is 374 g/mol. The van der Waals surface area contributed by atoms with Crippen LogP contribution < -0.4 is 10.1 Å². The van der Waals surface area contributed by atoms with Crippen molar-refractivity contribution in [2.75, 3.05) is 4.72 Å². The summed E-state index contributed by atoms with van der Waals surface area (Å²) in [6, 6.07) is 12.1. The molecule has 0 saturated carbocycles. The van der Waals surface area contributed by atoms with Gasteiger partial charge in [-0.05, 0) is 49.2 Å². The minimum Gasteiger partial charge on any atom is -0.280 e. The Balaban J connectivity index is 2.22. The number of nitrogens with one attached hydrogen (secondary N) is 2. The Morgan fingerprint density at radius 1 is 1.08 bits per heavy atom. The van der Waals surface area contributed by atoms with E-state index in [0.717, 1.165) is 18.6 Å². The van der Waals surface area contributed by atoms with Crippen LogP contribution in [0.4, 0.5) is 5.69 Å². The van der Waals surface area contributed by atoms with Gasteiger partial charge in [-0.15, -0.1) is 0 Å². The summed E-state index contributed by atoms with van der Waals surface area (Å²) in [5.41, 5.74) is 3.85. The standard InChI is InChI=1S/C18H20ClN3O3S/c1-3-15(4-2)20-21-18(23)13-7-5-10-17(11-13)26(24,25)22-16-9-6-8-14(19)12-16/h5-12,22H,3-4H2,1-2H3,(H,21,23). The van der Waals surface area contributed by atoms with E-state index in [-0.39, 0.29) is 10.5 Å². The van der Waals surface area contributed by atoms with Crippen molar-refractivity contribution in [1.29, 1.82) is 0 Å². The topological polar surface area (TPSA) is 87.6 Å². The maximum absolute atomic E-state index is 12.5. The average molecular weight is 394 g/mol. The lowest BCUT2D eigenvalue weighted by Gasteiger charge is -2.09. The molecule has 2 N–H and O–H groups in total. The first kappa shape index (κ1) is 19.9. The fourth-order valence-corrected chi connectivity index (χ4v) is 3.46. The first-order valence-electron chi connectivity index (χ1n) is 8.10. The number of halogens is 1. The zero-order valence-electron chi connectivity index (χ0n) is 14.5. The highest BCUT2D eigenvalue weighted by Gasteiger charge is 2.16. The number of hydrazone groups is 1. The van der Waals surface area contributed by atoms with Gasteiger partial charge in [0.25, 0.3) is 15.9 Å². The van der Waals surface area contributed by atoms with Crippen LogP contribution in [0.15, 0.2) is 58.5 Å². The van der Waals surface area contributed by atoms with E-state index in [9.17, 15) is 13.2 Å². The summed E-state index contributed by atoms with van der Waals surface area (Å²) in [6.07, 6.45) is 1.46. The van der Waals surface area contributed by atoms with Gasteiger partial charge in [0.2, 0.25) is 0 Å². The Labute approximate surface area is 158 Å². The largest absolute Gasteiger partial charge is 0.280 e. The van der Waals surface area contributed by atoms with Gasteiger partial charge in [0.05, 0.1) is 10.6 Å². The lowest BCUT2D eigenvalue weighted by molar-refractivity contribution is 0.0954. The van der Waals surface area contributed by atoms with E-state index in [1.54, 1.807) is 18.2 Å². The highest BCUT2D eigenvalue weighted by atomic mass is 35.5. The third kappa shape index (κ3) is 5.31. The van der Waals surface area contributed by atoms with Crippen molar-refractivity contribution in [2.24, 2.45) is 5.10 Å². The van der Waals surface area contributed by atoms with Gasteiger partial charge in [0, 0.05) is 16.3 Å². The Morgan fingerprint density at radius 2 is 1.77 bits per heavy atom. The number of nitrogens with zero attached hydrogens (tertiary/aromatic N) is 1. The Hall–Kier alpha value is -2.38. The number of amides is 1. The number of anilines is 1. The van der Waals surface area contributed by atoms with Gasteiger partial charge in [-0.25, -0.2) is 13.8 Å². The number of hydrogen-bond acceptors (Lipinski definition) is 4. The molecule has 0 saturated heterocycles. The van der Waals surface area contributed by atoms with Crippen molar-refractivity contribution in [2.45, 2.75) is 31.6 Å². The molecule has 0 aliphatic rings. The van der Waals surface area contributed by atoms with E-state index in [4.69, 9.17) is 11.6 Å². The molecule has 0 unspecified atom stereocenters. The van der Waals surface area contributed by atoms with Crippen molar-refractivity contribution in [1.82, 2.24) is 5.43 Å². The summed E-state index contributed by atoms with van der Waals surface area (Å²) in [5, 5.41) is 4.46. The average Bonchev–Trinajstić information content (AvgIpc) is 2.62. The van der Waals surface area contributed by atoms with Crippen LogP contribution in [0.2, 0.25) is 5.02 Å². The predicted octanol–water partition coefficient (Wildman–Crippen LogP) is 4.05. The highest BCUT2D eigenvalue weighted by molar-refractivity contribution is 7.92. The zero-order valence-corrected chi connectivity index (χ0v) is 16.1. The van der Waals surface area contributed by atoms with Crippen LogP contribution >= 0.6 is 11.6 Å². The van der Waals surface area contributed by atoms with Gasteiger partial charge >= 0.3 is 0 Å². The van der Waals surface area contributed by atoms with Crippen LogP contribution in [-0.4, -0.2) is 20.0 Å². The molecule has 0 bridgehead atoms. The van der Waals surface area contributed by atoms with Crippen LogP contribution in [0.1, 0.15) is 37.0 Å². The molecule has 0 heterocycles. The molecule has 138 valence electrons. The van der Waals surface area contributed by atoms with Gasteiger partial charge in [0.15, 0.2) is 0 Å². The van der Waals surface area contributed by atoms with Crippen molar-refractivity contribution in [3.8, 4) is 0 Å². The SMILES string of the molecule is CCC(CC)=NNC(=O)c1cccc(S(=O)(=O)Nc2cccc(Cl)c2)c1. The maximum Gasteiger partial charge on any atom is 0.271 e. The van der Waals surface area contributed by atoms with Crippen molar-refractivity contribution in [3.63, 3.8) is 0 Å². The van der Waals surface area contributed by atoms with E-state index in [1.807, 2.05) is 13.8 Å². The summed E-state index contributed by atoms with van der Waals surface area (Å²) >= 11 is 5.87. The van der Waals surface area contributed by atoms with E-state index in [1.165, 1.54) is 30.3 Å². The second kappa shape index (κ2) is 8.82. The van der Waals surface area contributed by atoms with Crippen molar-refractivity contribution < 1.29 is 13.2 Å². The Morgan fingerprint density at radius 3 is 2.42 bits per heavy atom. The molecular formula is C18H20ClN3O3S. The molecule has 1 amide bonds. The third-order valence-electron chi connectivity index (χ3n) is 3.62. The summed E-state index contributed by atoms with van der Waals surface area (Å²) in [7, 11) is -3.85. The van der Waals surface area contributed by atoms with Crippen molar-refractivity contribution >= 4 is 38.9 Å². The molecule has 2 aromatic carbocycles. The van der Waals surface area contributed by atoms with Gasteiger partial charge in [-0.1, -0.05) is 37.6 Å². The first-order valence-corrected chi connectivity index (χ1v) is 9.96. The summed E-state index contributed by atoms with van der Waals surface area (Å²) in [4.78, 5) is 12.2. The number of hydrogen-bond donors (Lipinski definition) is 2. The number of rotatable bonds is 7. The lowest BCUT2D eigenvalue weighted by atomic mass is 10.2. The molecule has 0 aromatic heterocycles. The summed E-state index contributed by atoms with van der Waals surface area (Å²) < 4.78 is 27.5. The number of carbonyl (C=O) groups excluding carboxylic acids is 1. The normalized spacial score (nSPS) is 10.9. The molecule has 0 radical (unpaired) electrons. The monoisotopic (exact) mass is 393 g/mol. The fraction of sp³-hybridized carbons (Fsp3) is 0.222. The van der Waals surface area contributed by atoms with Crippen LogP contribution in [0.3, 0.4) is 0 Å². The molecule has 0 fully saturated rings. The number of benzene rings is 2. The second-order valence-electron chi connectivity index (χ2n) is 5.47. The minimum atomic E-state index is -3.85. The summed E-state index contributed by atoms with van der Waals surface area (Å²) in [6.45, 7) is 3.90. The quantitative estimate of drug-likeness (QED) is 0.549. The van der Waals surface area contributed by atoms with Gasteiger partial charge in [-0.3, -0.25) is 9.52 Å². The minimum absolute atomic E-state index is 0.0275. The van der Waals surface area contributed by atoms with Gasteiger partial charge in [-0.2, -0.15) is 5.10 Å². The summed E-state index contributed by atoms with van der Waals surface area (Å²) in [5.74, 6) is -0.468. The molecule has 6 nitrogen and oxygen atoms in total. The molecule has 0 aliphatic carbocycles. The molecule has 2 rings (SSSR count). The third-order valence-corrected chi connectivity index (χ3v) is 5.23. The zero-order chi connectivity index (χ0) is 19.2. The fourth-order valence-electron chi connectivity index (χ4n) is 2.17. The maximum atomic E-state index is 12.5. The molecule has 0 aliphatic heterocycles. The van der Waals surface area contributed by atoms with E-state index in [0.29, 0.717) is 10.7 Å². The molecule has 8 heteroatoms. The van der Waals surface area contributed by atoms with Crippen LogP contribution in [0.5, 0.6) is 0 Å². The number of sulfonamides is 1. The molecule has 26 heavy (non-hydrogen) atoms. The molecule has 0 atom stereocenters. The van der Waals surface area contributed by atoms with E-state index in [2.05, 4.69) is 15.2 Å². The lowest BCUT2D eigenvalue weighted by Crippen LogP contribution is -2.20. The molecule has 0 spiro atoms. The predicted molar refractivity (Wildman–Crippen MR) is 104 cm³/mol. The van der Waals surface area contributed by atoms with Gasteiger partial charge in [0.1, 0.15) is 0 Å². The van der Waals surface area contributed by atoms with Crippen LogP contribution in [0.25, 0.3) is 0 Å². The van der Waals surface area contributed by atoms with Gasteiger partial charge < -0.3 is 0 Å². The Bertz CT molecular complexity index is 921. The Kier molecular flexibility index (Phi) is 6.76. The van der Waals surface area contributed by atoms with Crippen LogP contribution in [-0.2, 0) is 10.0 Å². The second-order valence-corrected chi connectivity index (χ2v) is 7.59. The highest BCUT2D eigenvalue weighted by Crippen LogP contribution is 2.20. The van der Waals surface area contributed by atoms with Crippen molar-refractivity contribution in [3.05, 3.63) is 59.1 Å².